The zero-order valence-corrected chi connectivity index (χ0v) is 8.95. The Labute approximate surface area is 93.7 Å². The first-order valence-corrected chi connectivity index (χ1v) is 5.22. The molecule has 3 rings (SSSR count). The van der Waals surface area contributed by atoms with E-state index in [1.807, 2.05) is 37.3 Å². The molecular weight excluding hydrogens is 198 g/mol. The molecule has 1 aliphatic rings. The van der Waals surface area contributed by atoms with Gasteiger partial charge in [-0.15, -0.1) is 0 Å². The van der Waals surface area contributed by atoms with E-state index in [1.54, 1.807) is 6.07 Å². The van der Waals surface area contributed by atoms with Gasteiger partial charge in [-0.2, -0.15) is 0 Å². The predicted octanol–water partition coefficient (Wildman–Crippen LogP) is 2.79. The van der Waals surface area contributed by atoms with Crippen LogP contribution >= 0.6 is 0 Å². The van der Waals surface area contributed by atoms with Gasteiger partial charge in [0.05, 0.1) is 0 Å². The number of nitrogens with two attached hydrogens (primary N) is 1. The Morgan fingerprint density at radius 2 is 1.50 bits per heavy atom. The van der Waals surface area contributed by atoms with Crippen molar-refractivity contribution in [2.75, 3.05) is 5.73 Å². The van der Waals surface area contributed by atoms with Gasteiger partial charge in [0.25, 0.3) is 0 Å². The number of carbonyl (C=O) groups is 1. The largest absolute Gasteiger partial charge is 0.399 e. The molecule has 0 saturated heterocycles. The van der Waals surface area contributed by atoms with Crippen molar-refractivity contribution in [3.8, 4) is 11.1 Å². The van der Waals surface area contributed by atoms with Crippen LogP contribution in [-0.4, -0.2) is 5.78 Å². The number of fused-ring (bicyclic) bond motifs is 3. The summed E-state index contributed by atoms with van der Waals surface area (Å²) in [7, 11) is 0. The van der Waals surface area contributed by atoms with Crippen molar-refractivity contribution < 1.29 is 4.79 Å². The van der Waals surface area contributed by atoms with E-state index < -0.39 is 0 Å². The summed E-state index contributed by atoms with van der Waals surface area (Å²) in [5, 5.41) is 0. The summed E-state index contributed by atoms with van der Waals surface area (Å²) in [6.45, 7) is 1.99. The molecule has 0 saturated carbocycles. The minimum absolute atomic E-state index is 0.0843. The molecule has 0 spiro atoms. The van der Waals surface area contributed by atoms with Gasteiger partial charge in [-0.3, -0.25) is 4.79 Å². The van der Waals surface area contributed by atoms with Crippen LogP contribution in [0.15, 0.2) is 36.4 Å². The van der Waals surface area contributed by atoms with E-state index in [0.717, 1.165) is 27.8 Å². The molecule has 2 heteroatoms. The smallest absolute Gasteiger partial charge is 0.194 e. The summed E-state index contributed by atoms with van der Waals surface area (Å²) in [5.74, 6) is 0.0843. The van der Waals surface area contributed by atoms with Crippen molar-refractivity contribution in [3.63, 3.8) is 0 Å². The fourth-order valence-electron chi connectivity index (χ4n) is 2.21. The van der Waals surface area contributed by atoms with Crippen molar-refractivity contribution >= 4 is 11.5 Å². The Morgan fingerprint density at radius 1 is 0.875 bits per heavy atom. The number of rotatable bonds is 0. The molecule has 0 aromatic heterocycles. The summed E-state index contributed by atoms with van der Waals surface area (Å²) in [6, 6.07) is 11.5. The number of hydrogen-bond donors (Lipinski definition) is 1. The average molecular weight is 209 g/mol. The van der Waals surface area contributed by atoms with Gasteiger partial charge in [0.15, 0.2) is 5.78 Å². The first-order chi connectivity index (χ1) is 7.66. The molecule has 2 aromatic rings. The van der Waals surface area contributed by atoms with Gasteiger partial charge in [0, 0.05) is 16.8 Å². The van der Waals surface area contributed by atoms with Crippen molar-refractivity contribution in [1.82, 2.24) is 0 Å². The molecule has 0 heterocycles. The average Bonchev–Trinajstić information content (AvgIpc) is 2.53. The van der Waals surface area contributed by atoms with E-state index in [9.17, 15) is 4.79 Å². The SMILES string of the molecule is Cc1ccc2c(c1)C(=O)c1cc(N)ccc1-2. The summed E-state index contributed by atoms with van der Waals surface area (Å²) >= 11 is 0. The van der Waals surface area contributed by atoms with Crippen molar-refractivity contribution in [2.24, 2.45) is 0 Å². The van der Waals surface area contributed by atoms with Gasteiger partial charge in [0.2, 0.25) is 0 Å². The Balaban J connectivity index is 2.34. The monoisotopic (exact) mass is 209 g/mol. The molecule has 0 amide bonds. The number of benzene rings is 2. The van der Waals surface area contributed by atoms with Crippen molar-refractivity contribution in [3.05, 3.63) is 53.1 Å². The Bertz CT molecular complexity index is 561. The van der Waals surface area contributed by atoms with Crippen molar-refractivity contribution in [1.29, 1.82) is 0 Å². The quantitative estimate of drug-likeness (QED) is 0.578. The fraction of sp³-hybridized carbons (Fsp3) is 0.0714. The zero-order chi connectivity index (χ0) is 11.3. The molecule has 78 valence electrons. The van der Waals surface area contributed by atoms with E-state index >= 15 is 0 Å². The lowest BCUT2D eigenvalue weighted by Gasteiger charge is -2.00. The van der Waals surface area contributed by atoms with Crippen LogP contribution in [0.5, 0.6) is 0 Å². The highest BCUT2D eigenvalue weighted by atomic mass is 16.1. The molecule has 16 heavy (non-hydrogen) atoms. The molecule has 2 nitrogen and oxygen atoms in total. The van der Waals surface area contributed by atoms with Gasteiger partial charge < -0.3 is 5.73 Å². The molecule has 0 bridgehead atoms. The van der Waals surface area contributed by atoms with Gasteiger partial charge in [-0.1, -0.05) is 23.8 Å². The lowest BCUT2D eigenvalue weighted by Crippen LogP contribution is -1.96. The zero-order valence-electron chi connectivity index (χ0n) is 8.95. The van der Waals surface area contributed by atoms with Crippen molar-refractivity contribution in [2.45, 2.75) is 6.92 Å². The summed E-state index contributed by atoms with van der Waals surface area (Å²) in [4.78, 5) is 12.1. The summed E-state index contributed by atoms with van der Waals surface area (Å²) in [6.07, 6.45) is 0. The summed E-state index contributed by atoms with van der Waals surface area (Å²) < 4.78 is 0. The van der Waals surface area contributed by atoms with E-state index in [-0.39, 0.29) is 5.78 Å². The minimum Gasteiger partial charge on any atom is -0.399 e. The maximum absolute atomic E-state index is 12.1. The second-order valence-corrected chi connectivity index (χ2v) is 4.18. The van der Waals surface area contributed by atoms with E-state index in [4.69, 9.17) is 5.73 Å². The number of hydrogen-bond acceptors (Lipinski definition) is 2. The lowest BCUT2D eigenvalue weighted by molar-refractivity contribution is 0.104. The molecule has 1 aliphatic carbocycles. The predicted molar refractivity (Wildman–Crippen MR) is 64.5 cm³/mol. The molecule has 0 aliphatic heterocycles. The fourth-order valence-corrected chi connectivity index (χ4v) is 2.21. The standard InChI is InChI=1S/C14H11NO/c1-8-2-4-10-11-5-3-9(15)7-13(11)14(16)12(10)6-8/h2-7H,15H2,1H3. The molecule has 0 unspecified atom stereocenters. The maximum atomic E-state index is 12.1. The van der Waals surface area contributed by atoms with Gasteiger partial charge in [-0.25, -0.2) is 0 Å². The van der Waals surface area contributed by atoms with Gasteiger partial charge >= 0.3 is 0 Å². The normalized spacial score (nSPS) is 12.4. The van der Waals surface area contributed by atoms with Crippen LogP contribution in [0, 0.1) is 6.92 Å². The number of aryl methyl sites for hydroxylation is 1. The third kappa shape index (κ3) is 1.10. The second-order valence-electron chi connectivity index (χ2n) is 4.18. The molecule has 2 aromatic carbocycles. The van der Waals surface area contributed by atoms with Crippen LogP contribution in [0.2, 0.25) is 0 Å². The number of ketones is 1. The number of carbonyl (C=O) groups excluding carboxylic acids is 1. The van der Waals surface area contributed by atoms with Crippen LogP contribution in [0.1, 0.15) is 21.5 Å². The lowest BCUT2D eigenvalue weighted by atomic mass is 10.0. The molecule has 0 atom stereocenters. The van der Waals surface area contributed by atoms with Gasteiger partial charge in [-0.05, 0) is 36.2 Å². The van der Waals surface area contributed by atoms with Crippen LogP contribution in [-0.2, 0) is 0 Å². The first-order valence-electron chi connectivity index (χ1n) is 5.22. The third-order valence-electron chi connectivity index (χ3n) is 3.00. The highest BCUT2D eigenvalue weighted by molar-refractivity contribution is 6.22. The molecular formula is C14H11NO. The molecule has 0 radical (unpaired) electrons. The second kappa shape index (κ2) is 2.95. The summed E-state index contributed by atoms with van der Waals surface area (Å²) in [5.41, 5.74) is 11.0. The maximum Gasteiger partial charge on any atom is 0.194 e. The van der Waals surface area contributed by atoms with Crippen LogP contribution in [0.4, 0.5) is 5.69 Å². The highest BCUT2D eigenvalue weighted by Crippen LogP contribution is 2.37. The Hall–Kier alpha value is -2.09. The van der Waals surface area contributed by atoms with E-state index in [1.165, 1.54) is 0 Å². The number of anilines is 1. The molecule has 0 fully saturated rings. The minimum atomic E-state index is 0.0843. The topological polar surface area (TPSA) is 43.1 Å². The van der Waals surface area contributed by atoms with E-state index in [2.05, 4.69) is 0 Å². The van der Waals surface area contributed by atoms with Crippen LogP contribution < -0.4 is 5.73 Å². The first kappa shape index (κ1) is 9.16. The van der Waals surface area contributed by atoms with Gasteiger partial charge in [0.1, 0.15) is 0 Å². The van der Waals surface area contributed by atoms with Crippen LogP contribution in [0.3, 0.4) is 0 Å². The van der Waals surface area contributed by atoms with E-state index in [0.29, 0.717) is 5.69 Å². The Kier molecular flexibility index (Phi) is 1.69. The molecule has 2 N–H and O–H groups in total. The number of nitrogen functional groups attached to an aromatic ring is 1. The van der Waals surface area contributed by atoms with Crippen LogP contribution in [0.25, 0.3) is 11.1 Å². The highest BCUT2D eigenvalue weighted by Gasteiger charge is 2.26. The Morgan fingerprint density at radius 3 is 2.25 bits per heavy atom. The third-order valence-corrected chi connectivity index (χ3v) is 3.00.